The van der Waals surface area contributed by atoms with Crippen molar-refractivity contribution in [3.05, 3.63) is 34.9 Å². The largest absolute Gasteiger partial charge is 0.455 e. The number of rotatable bonds is 2. The summed E-state index contributed by atoms with van der Waals surface area (Å²) in [5.41, 5.74) is -3.87. The van der Waals surface area contributed by atoms with Crippen LogP contribution in [0.3, 0.4) is 0 Å². The van der Waals surface area contributed by atoms with E-state index in [1.807, 2.05) is 26.8 Å². The molecule has 0 bridgehead atoms. The van der Waals surface area contributed by atoms with Crippen LogP contribution in [-0.2, 0) is 14.3 Å². The molecule has 2 saturated carbocycles. The molecule has 186 valence electrons. The van der Waals surface area contributed by atoms with Crippen LogP contribution < -0.4 is 0 Å². The van der Waals surface area contributed by atoms with Gasteiger partial charge in [-0.3, -0.25) is 4.79 Å². The van der Waals surface area contributed by atoms with Gasteiger partial charge in [0.2, 0.25) is 0 Å². The number of esters is 1. The maximum absolute atomic E-state index is 13.1. The second-order valence-corrected chi connectivity index (χ2v) is 12.1. The molecule has 2 unspecified atom stereocenters. The minimum absolute atomic E-state index is 0.0179. The number of allylic oxidation sites excluding steroid dienone is 4. The molecule has 34 heavy (non-hydrogen) atoms. The van der Waals surface area contributed by atoms with Gasteiger partial charge in [0.05, 0.1) is 11.0 Å². The van der Waals surface area contributed by atoms with E-state index in [2.05, 4.69) is 12.2 Å². The van der Waals surface area contributed by atoms with Crippen LogP contribution >= 0.6 is 0 Å². The molecule has 8 atom stereocenters. The Morgan fingerprint density at radius 3 is 2.47 bits per heavy atom. The second-order valence-electron chi connectivity index (χ2n) is 12.1. The third-order valence-corrected chi connectivity index (χ3v) is 11.1. The van der Waals surface area contributed by atoms with Gasteiger partial charge in [0.15, 0.2) is 0 Å². The van der Waals surface area contributed by atoms with Gasteiger partial charge < -0.3 is 20.1 Å². The molecular weight excluding hydrogens is 432 g/mol. The molecule has 6 heteroatoms. The molecule has 5 rings (SSSR count). The maximum Gasteiger partial charge on any atom is 0.334 e. The average molecular weight is 471 g/mol. The zero-order valence-corrected chi connectivity index (χ0v) is 21.0. The molecular formula is C28H38O6. The van der Waals surface area contributed by atoms with Crippen LogP contribution in [-0.4, -0.2) is 50.0 Å². The van der Waals surface area contributed by atoms with Crippen LogP contribution in [0.4, 0.5) is 0 Å². The van der Waals surface area contributed by atoms with Crippen molar-refractivity contribution in [2.24, 2.45) is 22.7 Å². The van der Waals surface area contributed by atoms with Crippen LogP contribution in [0.5, 0.6) is 0 Å². The molecule has 0 saturated heterocycles. The lowest BCUT2D eigenvalue weighted by Gasteiger charge is -2.63. The summed E-state index contributed by atoms with van der Waals surface area (Å²) in [6, 6.07) is 0. The van der Waals surface area contributed by atoms with Crippen LogP contribution in [0.1, 0.15) is 79.6 Å². The van der Waals surface area contributed by atoms with Crippen LogP contribution in [0.15, 0.2) is 34.9 Å². The van der Waals surface area contributed by atoms with Gasteiger partial charge in [-0.25, -0.2) is 4.79 Å². The fraction of sp³-hybridized carbons (Fsp3) is 0.714. The summed E-state index contributed by atoms with van der Waals surface area (Å²) in [6.07, 6.45) is 8.25. The summed E-state index contributed by atoms with van der Waals surface area (Å²) in [6.45, 7) is 9.01. The monoisotopic (exact) mass is 470 g/mol. The molecule has 0 spiro atoms. The fourth-order valence-corrected chi connectivity index (χ4v) is 8.38. The van der Waals surface area contributed by atoms with Gasteiger partial charge in [-0.15, -0.1) is 0 Å². The first kappa shape index (κ1) is 24.0. The Bertz CT molecular complexity index is 1050. The Morgan fingerprint density at radius 2 is 1.79 bits per heavy atom. The molecule has 4 aliphatic carbocycles. The van der Waals surface area contributed by atoms with Crippen molar-refractivity contribution in [1.29, 1.82) is 0 Å². The average Bonchev–Trinajstić information content (AvgIpc) is 3.00. The Hall–Kier alpha value is -1.76. The highest BCUT2D eigenvalue weighted by molar-refractivity contribution is 5.92. The predicted octanol–water partition coefficient (Wildman–Crippen LogP) is 3.54. The third-order valence-electron chi connectivity index (χ3n) is 11.1. The van der Waals surface area contributed by atoms with E-state index in [9.17, 15) is 24.9 Å². The highest BCUT2D eigenvalue weighted by Gasteiger charge is 2.76. The minimum Gasteiger partial charge on any atom is -0.455 e. The summed E-state index contributed by atoms with van der Waals surface area (Å²) in [5, 5.41) is 36.5. The van der Waals surface area contributed by atoms with Gasteiger partial charge in [-0.05, 0) is 77.2 Å². The standard InChI is InChI=1S/C28H38O6/c1-16-15-22(34-23(30)17(16)2)26(5,31)28(33)14-13-27(32)20-10-9-18-7-6-8-21(29)25(18,4)19(20)11-12-24(27,28)3/h6-7,9,19-20,22,31-33H,8,10-15H2,1-5H3/t19?,20?,22-,24+,25+,26+,27-,28-/m1/s1. The molecule has 0 aromatic carbocycles. The predicted molar refractivity (Wildman–Crippen MR) is 127 cm³/mol. The Morgan fingerprint density at radius 1 is 1.09 bits per heavy atom. The molecule has 2 fully saturated rings. The Kier molecular flexibility index (Phi) is 5.03. The fourth-order valence-electron chi connectivity index (χ4n) is 8.38. The number of ketones is 1. The lowest BCUT2D eigenvalue weighted by Crippen LogP contribution is -2.72. The Labute approximate surface area is 201 Å². The van der Waals surface area contributed by atoms with Crippen molar-refractivity contribution in [2.75, 3.05) is 0 Å². The first-order chi connectivity index (χ1) is 15.7. The highest BCUT2D eigenvalue weighted by Crippen LogP contribution is 2.70. The van der Waals surface area contributed by atoms with Crippen molar-refractivity contribution in [3.63, 3.8) is 0 Å². The summed E-state index contributed by atoms with van der Waals surface area (Å²) in [5.74, 6) is -0.495. The summed E-state index contributed by atoms with van der Waals surface area (Å²) in [7, 11) is 0. The lowest BCUT2D eigenvalue weighted by molar-refractivity contribution is -0.279. The molecule has 0 aromatic rings. The van der Waals surface area contributed by atoms with Gasteiger partial charge in [0.25, 0.3) is 0 Å². The minimum atomic E-state index is -1.75. The highest BCUT2D eigenvalue weighted by atomic mass is 16.6. The van der Waals surface area contributed by atoms with Crippen LogP contribution in [0.2, 0.25) is 0 Å². The number of fused-ring (bicyclic) bond motifs is 5. The number of ether oxygens (including phenoxy) is 1. The van der Waals surface area contributed by atoms with Crippen molar-refractivity contribution in [3.8, 4) is 0 Å². The molecule has 0 aromatic heterocycles. The summed E-state index contributed by atoms with van der Waals surface area (Å²) in [4.78, 5) is 25.6. The Balaban J connectivity index is 1.54. The quantitative estimate of drug-likeness (QED) is 0.534. The first-order valence-electron chi connectivity index (χ1n) is 12.7. The number of carbonyl (C=O) groups excluding carboxylic acids is 2. The lowest BCUT2D eigenvalue weighted by atomic mass is 9.44. The smallest absolute Gasteiger partial charge is 0.334 e. The number of hydrogen-bond donors (Lipinski definition) is 3. The summed E-state index contributed by atoms with van der Waals surface area (Å²) < 4.78 is 5.63. The third kappa shape index (κ3) is 2.63. The van der Waals surface area contributed by atoms with Gasteiger partial charge in [-0.2, -0.15) is 0 Å². The van der Waals surface area contributed by atoms with Crippen molar-refractivity contribution < 1.29 is 29.6 Å². The van der Waals surface area contributed by atoms with Crippen LogP contribution in [0, 0.1) is 22.7 Å². The number of carbonyl (C=O) groups is 2. The summed E-state index contributed by atoms with van der Waals surface area (Å²) >= 11 is 0. The number of aliphatic hydroxyl groups is 3. The van der Waals surface area contributed by atoms with Crippen molar-refractivity contribution in [1.82, 2.24) is 0 Å². The van der Waals surface area contributed by atoms with E-state index in [4.69, 9.17) is 4.74 Å². The zero-order valence-electron chi connectivity index (χ0n) is 21.0. The number of Topliss-reactive ketones (excluding diaryl/α,β-unsaturated/α-hetero) is 1. The van der Waals surface area contributed by atoms with Gasteiger partial charge in [0, 0.05) is 23.8 Å². The number of hydrogen-bond acceptors (Lipinski definition) is 6. The number of cyclic esters (lactones) is 1. The van der Waals surface area contributed by atoms with Gasteiger partial charge in [0.1, 0.15) is 23.1 Å². The molecule has 1 aliphatic heterocycles. The normalized spacial score (nSPS) is 47.9. The topological polar surface area (TPSA) is 104 Å². The van der Waals surface area contributed by atoms with Crippen LogP contribution in [0.25, 0.3) is 0 Å². The first-order valence-corrected chi connectivity index (χ1v) is 12.7. The zero-order chi connectivity index (χ0) is 24.9. The van der Waals surface area contributed by atoms with E-state index in [0.717, 1.165) is 11.1 Å². The molecule has 3 N–H and O–H groups in total. The molecule has 1 heterocycles. The van der Waals surface area contributed by atoms with E-state index in [-0.39, 0.29) is 24.0 Å². The molecule has 5 aliphatic rings. The van der Waals surface area contributed by atoms with Crippen molar-refractivity contribution in [2.45, 2.75) is 102 Å². The molecule has 6 nitrogen and oxygen atoms in total. The van der Waals surface area contributed by atoms with E-state index >= 15 is 0 Å². The van der Waals surface area contributed by atoms with E-state index < -0.39 is 39.7 Å². The van der Waals surface area contributed by atoms with Crippen molar-refractivity contribution >= 4 is 11.8 Å². The maximum atomic E-state index is 13.1. The van der Waals surface area contributed by atoms with Gasteiger partial charge in [-0.1, -0.05) is 30.7 Å². The van der Waals surface area contributed by atoms with E-state index in [0.29, 0.717) is 44.1 Å². The second kappa shape index (κ2) is 7.14. The van der Waals surface area contributed by atoms with Gasteiger partial charge >= 0.3 is 5.97 Å². The molecule has 0 amide bonds. The molecule has 0 radical (unpaired) electrons. The SMILES string of the molecule is CC1=C(C)C(=O)O[C@@H]([C@](C)(O)[C@@]2(O)CC[C@@]3(O)C4CC=C5C=CCC(=O)[C@]5(C)C4CC[C@]23C)C1. The van der Waals surface area contributed by atoms with E-state index in [1.165, 1.54) is 0 Å². The van der Waals surface area contributed by atoms with E-state index in [1.54, 1.807) is 13.8 Å².